The van der Waals surface area contributed by atoms with E-state index < -0.39 is 5.60 Å². The smallest absolute Gasteiger partial charge is 0.232 e. The topological polar surface area (TPSA) is 81.4 Å². The summed E-state index contributed by atoms with van der Waals surface area (Å²) in [7, 11) is 0. The number of nitrogens with zero attached hydrogens (tertiary/aromatic N) is 4. The second kappa shape index (κ2) is 5.85. The van der Waals surface area contributed by atoms with Crippen LogP contribution < -0.4 is 5.32 Å². The number of carbonyl (C=O) groups excluding carboxylic acids is 1. The van der Waals surface area contributed by atoms with Gasteiger partial charge in [0.2, 0.25) is 5.91 Å². The van der Waals surface area contributed by atoms with Gasteiger partial charge in [-0.3, -0.25) is 9.20 Å². The van der Waals surface area contributed by atoms with E-state index in [-0.39, 0.29) is 17.4 Å². The molecule has 3 aromatic rings. The molecule has 0 radical (unpaired) electrons. The molecule has 1 atom stereocenters. The molecule has 1 aliphatic heterocycles. The van der Waals surface area contributed by atoms with Crippen LogP contribution in [0.15, 0.2) is 30.9 Å². The van der Waals surface area contributed by atoms with Crippen LogP contribution in [-0.4, -0.2) is 36.7 Å². The van der Waals surface area contributed by atoms with Crippen molar-refractivity contribution in [3.8, 4) is 10.4 Å². The van der Waals surface area contributed by atoms with E-state index in [4.69, 9.17) is 4.74 Å². The number of aromatic nitrogens is 4. The molecule has 0 saturated carbocycles. The largest absolute Gasteiger partial charge is 0.369 e. The summed E-state index contributed by atoms with van der Waals surface area (Å²) in [4.78, 5) is 18.1. The molecule has 1 N–H and O–H groups in total. The summed E-state index contributed by atoms with van der Waals surface area (Å²) >= 11 is 1.45. The van der Waals surface area contributed by atoms with Crippen molar-refractivity contribution < 1.29 is 9.53 Å². The normalized spacial score (nSPS) is 21.2. The molecule has 0 spiro atoms. The third-order valence-electron chi connectivity index (χ3n) is 4.70. The van der Waals surface area contributed by atoms with Crippen molar-refractivity contribution in [3.63, 3.8) is 0 Å². The minimum Gasteiger partial charge on any atom is -0.369 e. The Hall–Kier alpha value is -2.32. The maximum absolute atomic E-state index is 12.8. The van der Waals surface area contributed by atoms with Crippen LogP contribution in [0.4, 0.5) is 5.13 Å². The van der Waals surface area contributed by atoms with Gasteiger partial charge in [-0.1, -0.05) is 11.3 Å². The molecule has 1 amide bonds. The Morgan fingerprint density at radius 3 is 2.88 bits per heavy atom. The summed E-state index contributed by atoms with van der Waals surface area (Å²) in [5.74, 6) is -0.256. The number of rotatable bonds is 3. The maximum Gasteiger partial charge on any atom is 0.232 e. The molecule has 0 bridgehead atoms. The Balaban J connectivity index is 1.52. The van der Waals surface area contributed by atoms with E-state index in [0.717, 1.165) is 16.1 Å². The average molecular weight is 371 g/mol. The van der Waals surface area contributed by atoms with Gasteiger partial charge in [-0.15, -0.1) is 10.2 Å². The van der Waals surface area contributed by atoms with Crippen LogP contribution in [0.1, 0.15) is 34.1 Å². The van der Waals surface area contributed by atoms with Gasteiger partial charge in [0.05, 0.1) is 22.0 Å². The Kier molecular flexibility index (Phi) is 3.85. The van der Waals surface area contributed by atoms with Gasteiger partial charge in [0.15, 0.2) is 10.8 Å². The summed E-state index contributed by atoms with van der Waals surface area (Å²) in [5.41, 5.74) is 1.000. The molecule has 4 rings (SSSR count). The first-order valence-corrected chi connectivity index (χ1v) is 9.32. The van der Waals surface area contributed by atoms with Gasteiger partial charge in [-0.25, -0.2) is 4.98 Å². The maximum atomic E-state index is 12.8. The number of thiazole rings is 1. The van der Waals surface area contributed by atoms with Crippen LogP contribution in [0.5, 0.6) is 0 Å². The molecule has 8 heteroatoms. The lowest BCUT2D eigenvalue weighted by Crippen LogP contribution is -2.36. The molecule has 4 heterocycles. The standard InChI is InChI=1S/C18H21N5O2S/c1-17(2)7-12(18(3,4)25-17)15(24)21-16-19-8-13(26-16)11-5-6-14-22-20-10-23(14)9-11/h5-6,8-10,12H,7H2,1-4H3,(H,19,21,24). The molecule has 1 fully saturated rings. The van der Waals surface area contributed by atoms with E-state index in [2.05, 4.69) is 20.5 Å². The highest BCUT2D eigenvalue weighted by Crippen LogP contribution is 2.42. The number of pyridine rings is 1. The van der Waals surface area contributed by atoms with Crippen molar-refractivity contribution in [2.24, 2.45) is 5.92 Å². The van der Waals surface area contributed by atoms with E-state index in [9.17, 15) is 4.79 Å². The van der Waals surface area contributed by atoms with Gasteiger partial charge in [-0.2, -0.15) is 0 Å². The summed E-state index contributed by atoms with van der Waals surface area (Å²) in [6, 6.07) is 3.88. The number of ether oxygens (including phenoxy) is 1. The summed E-state index contributed by atoms with van der Waals surface area (Å²) in [6.07, 6.45) is 6.07. The highest BCUT2D eigenvalue weighted by atomic mass is 32.1. The van der Waals surface area contributed by atoms with Crippen molar-refractivity contribution >= 4 is 28.0 Å². The number of hydrogen-bond donors (Lipinski definition) is 1. The molecule has 3 aromatic heterocycles. The molecule has 1 aliphatic rings. The quantitative estimate of drug-likeness (QED) is 0.763. The Morgan fingerprint density at radius 2 is 2.15 bits per heavy atom. The molecule has 1 unspecified atom stereocenters. The summed E-state index contributed by atoms with van der Waals surface area (Å²) < 4.78 is 7.88. The van der Waals surface area contributed by atoms with Gasteiger partial charge in [-0.05, 0) is 46.2 Å². The monoisotopic (exact) mass is 371 g/mol. The van der Waals surface area contributed by atoms with Gasteiger partial charge >= 0.3 is 0 Å². The minimum atomic E-state index is -0.493. The minimum absolute atomic E-state index is 0.0456. The number of amides is 1. The van der Waals surface area contributed by atoms with Crippen molar-refractivity contribution in [1.29, 1.82) is 0 Å². The molecular formula is C18H21N5O2S. The number of anilines is 1. The number of carbonyl (C=O) groups is 1. The van der Waals surface area contributed by atoms with E-state index in [1.807, 2.05) is 50.4 Å². The van der Waals surface area contributed by atoms with E-state index in [0.29, 0.717) is 11.6 Å². The van der Waals surface area contributed by atoms with Crippen molar-refractivity contribution in [2.75, 3.05) is 5.32 Å². The number of fused-ring (bicyclic) bond motifs is 1. The van der Waals surface area contributed by atoms with E-state index in [1.54, 1.807) is 12.5 Å². The van der Waals surface area contributed by atoms with Crippen molar-refractivity contribution in [2.45, 2.75) is 45.3 Å². The SMILES string of the molecule is CC1(C)CC(C(=O)Nc2ncc(-c3ccc4nncn4c3)s2)C(C)(C)O1. The molecule has 1 saturated heterocycles. The zero-order valence-corrected chi connectivity index (χ0v) is 16.0. The van der Waals surface area contributed by atoms with Crippen molar-refractivity contribution in [1.82, 2.24) is 19.6 Å². The predicted octanol–water partition coefficient (Wildman–Crippen LogP) is 3.39. The average Bonchev–Trinajstić information content (AvgIpc) is 3.23. The molecule has 0 aliphatic carbocycles. The lowest BCUT2D eigenvalue weighted by Gasteiger charge is -2.26. The molecule has 0 aromatic carbocycles. The molecule has 26 heavy (non-hydrogen) atoms. The van der Waals surface area contributed by atoms with Gasteiger partial charge in [0.25, 0.3) is 0 Å². The third-order valence-corrected chi connectivity index (χ3v) is 5.66. The summed E-state index contributed by atoms with van der Waals surface area (Å²) in [6.45, 7) is 7.97. The van der Waals surface area contributed by atoms with Crippen LogP contribution in [0.3, 0.4) is 0 Å². The third kappa shape index (κ3) is 3.10. The highest BCUT2D eigenvalue weighted by molar-refractivity contribution is 7.19. The van der Waals surface area contributed by atoms with E-state index in [1.165, 1.54) is 11.3 Å². The first kappa shape index (κ1) is 17.1. The first-order valence-electron chi connectivity index (χ1n) is 8.50. The zero-order chi connectivity index (χ0) is 18.5. The number of nitrogens with one attached hydrogen (secondary N) is 1. The van der Waals surface area contributed by atoms with Crippen LogP contribution >= 0.6 is 11.3 Å². The first-order chi connectivity index (χ1) is 12.2. The highest BCUT2D eigenvalue weighted by Gasteiger charge is 2.49. The van der Waals surface area contributed by atoms with Crippen LogP contribution in [0.2, 0.25) is 0 Å². The predicted molar refractivity (Wildman–Crippen MR) is 100 cm³/mol. The van der Waals surface area contributed by atoms with Gasteiger partial charge in [0, 0.05) is 18.0 Å². The lowest BCUT2D eigenvalue weighted by molar-refractivity contribution is -0.126. The lowest BCUT2D eigenvalue weighted by atomic mass is 9.87. The molecule has 136 valence electrons. The molecular weight excluding hydrogens is 350 g/mol. The zero-order valence-electron chi connectivity index (χ0n) is 15.2. The fourth-order valence-corrected chi connectivity index (χ4v) is 4.41. The van der Waals surface area contributed by atoms with Crippen LogP contribution in [0, 0.1) is 5.92 Å². The Morgan fingerprint density at radius 1 is 1.35 bits per heavy atom. The fraction of sp³-hybridized carbons (Fsp3) is 0.444. The summed E-state index contributed by atoms with van der Waals surface area (Å²) in [5, 5.41) is 11.4. The van der Waals surface area contributed by atoms with Gasteiger partial charge in [0.1, 0.15) is 6.33 Å². The Labute approximate surface area is 155 Å². The second-order valence-corrected chi connectivity index (χ2v) is 8.79. The molecule has 7 nitrogen and oxygen atoms in total. The van der Waals surface area contributed by atoms with Crippen LogP contribution in [0.25, 0.3) is 16.1 Å². The second-order valence-electron chi connectivity index (χ2n) is 7.76. The van der Waals surface area contributed by atoms with Crippen molar-refractivity contribution in [3.05, 3.63) is 30.9 Å². The number of hydrogen-bond acceptors (Lipinski definition) is 6. The van der Waals surface area contributed by atoms with Gasteiger partial charge < -0.3 is 10.1 Å². The van der Waals surface area contributed by atoms with E-state index >= 15 is 0 Å². The fourth-order valence-electron chi connectivity index (χ4n) is 3.60. The Bertz CT molecular complexity index is 975. The van der Waals surface area contributed by atoms with Crippen LogP contribution in [-0.2, 0) is 9.53 Å².